The number of benzene rings is 2. The van der Waals surface area contributed by atoms with Gasteiger partial charge in [0.1, 0.15) is 5.75 Å². The van der Waals surface area contributed by atoms with E-state index in [-0.39, 0.29) is 12.5 Å². The molecule has 1 atom stereocenters. The van der Waals surface area contributed by atoms with E-state index in [1.807, 2.05) is 30.3 Å². The van der Waals surface area contributed by atoms with Crippen LogP contribution in [0.25, 0.3) is 0 Å². The molecule has 1 unspecified atom stereocenters. The summed E-state index contributed by atoms with van der Waals surface area (Å²) in [5.74, 6) is -0.350. The third-order valence-electron chi connectivity index (χ3n) is 3.32. The van der Waals surface area contributed by atoms with E-state index in [0.29, 0.717) is 22.3 Å². The van der Waals surface area contributed by atoms with E-state index in [2.05, 4.69) is 10.6 Å². The van der Waals surface area contributed by atoms with E-state index in [4.69, 9.17) is 27.9 Å². The Morgan fingerprint density at radius 3 is 2.48 bits per heavy atom. The monoisotopic (exact) mass is 380 g/mol. The van der Waals surface area contributed by atoms with Crippen molar-refractivity contribution in [2.24, 2.45) is 0 Å². The summed E-state index contributed by atoms with van der Waals surface area (Å²) in [4.78, 5) is 23.8. The number of hydrogen-bond donors (Lipinski definition) is 2. The van der Waals surface area contributed by atoms with Crippen LogP contribution in [0.3, 0.4) is 0 Å². The molecule has 0 fully saturated rings. The van der Waals surface area contributed by atoms with Gasteiger partial charge in [0.25, 0.3) is 5.91 Å². The largest absolute Gasteiger partial charge is 0.479 e. The zero-order valence-corrected chi connectivity index (χ0v) is 15.1. The smallest absolute Gasteiger partial charge is 0.261 e. The topological polar surface area (TPSA) is 67.4 Å². The van der Waals surface area contributed by atoms with Gasteiger partial charge < -0.3 is 15.4 Å². The summed E-state index contributed by atoms with van der Waals surface area (Å²) in [6.45, 7) is 1.85. The van der Waals surface area contributed by atoms with Crippen LogP contribution < -0.4 is 15.4 Å². The highest BCUT2D eigenvalue weighted by Crippen LogP contribution is 2.28. The Balaban J connectivity index is 1.76. The zero-order chi connectivity index (χ0) is 18.2. The number of carbonyl (C=O) groups is 2. The first-order chi connectivity index (χ1) is 12.0. The van der Waals surface area contributed by atoms with E-state index in [1.165, 1.54) is 6.07 Å². The predicted molar refractivity (Wildman–Crippen MR) is 97.9 cm³/mol. The first kappa shape index (κ1) is 19.1. The highest BCUT2D eigenvalue weighted by atomic mass is 35.5. The van der Waals surface area contributed by atoms with Crippen LogP contribution in [0, 0.1) is 0 Å². The SMILES string of the molecule is CC(Oc1ccc(Cl)cc1Cl)C(=O)NCC(=O)NCc1ccccc1. The van der Waals surface area contributed by atoms with Gasteiger partial charge in [0.15, 0.2) is 6.10 Å². The molecule has 7 heteroatoms. The Morgan fingerprint density at radius 2 is 1.80 bits per heavy atom. The lowest BCUT2D eigenvalue weighted by Gasteiger charge is -2.15. The number of nitrogens with one attached hydrogen (secondary N) is 2. The van der Waals surface area contributed by atoms with Crippen molar-refractivity contribution in [1.82, 2.24) is 10.6 Å². The maximum atomic E-state index is 12.0. The minimum atomic E-state index is -0.805. The lowest BCUT2D eigenvalue weighted by molar-refractivity contribution is -0.130. The normalized spacial score (nSPS) is 11.5. The molecule has 132 valence electrons. The molecular formula is C18H18Cl2N2O3. The Kier molecular flexibility index (Phi) is 7.10. The van der Waals surface area contributed by atoms with Gasteiger partial charge in [-0.1, -0.05) is 53.5 Å². The van der Waals surface area contributed by atoms with Crippen molar-refractivity contribution in [3.8, 4) is 5.75 Å². The second kappa shape index (κ2) is 9.30. The zero-order valence-electron chi connectivity index (χ0n) is 13.6. The maximum absolute atomic E-state index is 12.0. The van der Waals surface area contributed by atoms with Crippen LogP contribution in [-0.4, -0.2) is 24.5 Å². The van der Waals surface area contributed by atoms with Gasteiger partial charge in [-0.15, -0.1) is 0 Å². The number of halogens is 2. The average molecular weight is 381 g/mol. The number of carbonyl (C=O) groups excluding carboxylic acids is 2. The summed E-state index contributed by atoms with van der Waals surface area (Å²) in [7, 11) is 0. The summed E-state index contributed by atoms with van der Waals surface area (Å²) in [6.07, 6.45) is -0.805. The van der Waals surface area contributed by atoms with Gasteiger partial charge in [0.05, 0.1) is 11.6 Å². The minimum Gasteiger partial charge on any atom is -0.479 e. The molecule has 0 saturated heterocycles. The molecule has 0 aliphatic rings. The maximum Gasteiger partial charge on any atom is 0.261 e. The molecule has 0 heterocycles. The molecule has 0 spiro atoms. The van der Waals surface area contributed by atoms with Crippen molar-refractivity contribution in [3.63, 3.8) is 0 Å². The second-order valence-corrected chi connectivity index (χ2v) is 6.16. The van der Waals surface area contributed by atoms with Crippen molar-refractivity contribution in [2.75, 3.05) is 6.54 Å². The quantitative estimate of drug-likeness (QED) is 0.774. The Labute approximate surface area is 156 Å². The highest BCUT2D eigenvalue weighted by Gasteiger charge is 2.17. The van der Waals surface area contributed by atoms with Crippen molar-refractivity contribution >= 4 is 35.0 Å². The molecule has 0 bridgehead atoms. The minimum absolute atomic E-state index is 0.131. The van der Waals surface area contributed by atoms with Gasteiger partial charge in [-0.25, -0.2) is 0 Å². The summed E-state index contributed by atoms with van der Waals surface area (Å²) >= 11 is 11.8. The van der Waals surface area contributed by atoms with Crippen LogP contribution in [0.4, 0.5) is 0 Å². The summed E-state index contributed by atoms with van der Waals surface area (Å²) in [5.41, 5.74) is 0.983. The van der Waals surface area contributed by atoms with Crippen molar-refractivity contribution in [1.29, 1.82) is 0 Å². The highest BCUT2D eigenvalue weighted by molar-refractivity contribution is 6.35. The third-order valence-corrected chi connectivity index (χ3v) is 3.85. The van der Waals surface area contributed by atoms with Gasteiger partial charge in [0.2, 0.25) is 5.91 Å². The molecule has 2 amide bonds. The third kappa shape index (κ3) is 6.29. The van der Waals surface area contributed by atoms with Crippen LogP contribution in [-0.2, 0) is 16.1 Å². The van der Waals surface area contributed by atoms with Gasteiger partial charge >= 0.3 is 0 Å². The molecule has 5 nitrogen and oxygen atoms in total. The van der Waals surface area contributed by atoms with Gasteiger partial charge in [-0.3, -0.25) is 9.59 Å². The van der Waals surface area contributed by atoms with Crippen LogP contribution in [0.15, 0.2) is 48.5 Å². The molecule has 0 aliphatic heterocycles. The lowest BCUT2D eigenvalue weighted by atomic mass is 10.2. The first-order valence-corrected chi connectivity index (χ1v) is 8.41. The van der Waals surface area contributed by atoms with Crippen LogP contribution in [0.1, 0.15) is 12.5 Å². The van der Waals surface area contributed by atoms with Crippen molar-refractivity contribution < 1.29 is 14.3 Å². The fourth-order valence-corrected chi connectivity index (χ4v) is 2.44. The molecule has 2 aromatic carbocycles. The number of hydrogen-bond acceptors (Lipinski definition) is 3. The molecule has 0 aliphatic carbocycles. The van der Waals surface area contributed by atoms with E-state index < -0.39 is 12.0 Å². The Bertz CT molecular complexity index is 738. The Hall–Kier alpha value is -2.24. The molecule has 2 aromatic rings. The molecular weight excluding hydrogens is 363 g/mol. The molecule has 0 aromatic heterocycles. The molecule has 0 radical (unpaired) electrons. The molecule has 25 heavy (non-hydrogen) atoms. The summed E-state index contributed by atoms with van der Waals surface area (Å²) < 4.78 is 5.49. The van der Waals surface area contributed by atoms with Gasteiger partial charge in [-0.2, -0.15) is 0 Å². The summed E-state index contributed by atoms with van der Waals surface area (Å²) in [5, 5.41) is 6.04. The Morgan fingerprint density at radius 1 is 1.08 bits per heavy atom. The fourth-order valence-electron chi connectivity index (χ4n) is 1.98. The predicted octanol–water partition coefficient (Wildman–Crippen LogP) is 3.19. The second-order valence-electron chi connectivity index (χ2n) is 5.31. The first-order valence-electron chi connectivity index (χ1n) is 7.65. The van der Waals surface area contributed by atoms with E-state index in [9.17, 15) is 9.59 Å². The van der Waals surface area contributed by atoms with E-state index in [1.54, 1.807) is 19.1 Å². The van der Waals surface area contributed by atoms with Crippen LogP contribution >= 0.6 is 23.2 Å². The molecule has 2 rings (SSSR count). The van der Waals surface area contributed by atoms with Crippen LogP contribution in [0.5, 0.6) is 5.75 Å². The number of ether oxygens (including phenoxy) is 1. The lowest BCUT2D eigenvalue weighted by Crippen LogP contribution is -2.42. The molecule has 2 N–H and O–H groups in total. The molecule has 0 saturated carbocycles. The van der Waals surface area contributed by atoms with Gasteiger partial charge in [-0.05, 0) is 30.7 Å². The van der Waals surface area contributed by atoms with E-state index in [0.717, 1.165) is 5.56 Å². The fraction of sp³-hybridized carbons (Fsp3) is 0.222. The van der Waals surface area contributed by atoms with Crippen molar-refractivity contribution in [2.45, 2.75) is 19.6 Å². The van der Waals surface area contributed by atoms with Crippen molar-refractivity contribution in [3.05, 3.63) is 64.1 Å². The number of rotatable bonds is 7. The average Bonchev–Trinajstić information content (AvgIpc) is 2.61. The van der Waals surface area contributed by atoms with Crippen LogP contribution in [0.2, 0.25) is 10.0 Å². The number of amides is 2. The summed E-state index contributed by atoms with van der Waals surface area (Å²) in [6, 6.07) is 14.2. The van der Waals surface area contributed by atoms with E-state index >= 15 is 0 Å². The van der Waals surface area contributed by atoms with Gasteiger partial charge in [0, 0.05) is 11.6 Å². The standard InChI is InChI=1S/C18H18Cl2N2O3/c1-12(25-16-8-7-14(19)9-15(16)20)18(24)22-11-17(23)21-10-13-5-3-2-4-6-13/h2-9,12H,10-11H2,1H3,(H,21,23)(H,22,24).